The van der Waals surface area contributed by atoms with Gasteiger partial charge in [-0.05, 0) is 37.5 Å². The first-order valence-electron chi connectivity index (χ1n) is 10.1. The molecule has 1 fully saturated rings. The van der Waals surface area contributed by atoms with Crippen molar-refractivity contribution >= 4 is 11.9 Å². The fourth-order valence-electron chi connectivity index (χ4n) is 3.64. The smallest absolute Gasteiger partial charge is 0.327 e. The van der Waals surface area contributed by atoms with Crippen molar-refractivity contribution in [1.29, 1.82) is 0 Å². The Hall–Kier alpha value is -1.32. The van der Waals surface area contributed by atoms with Crippen molar-refractivity contribution in [3.05, 3.63) is 11.6 Å². The number of cyclic esters (lactones) is 1. The molecule has 2 rings (SSSR count). The van der Waals surface area contributed by atoms with Crippen LogP contribution in [0.25, 0.3) is 0 Å². The van der Waals surface area contributed by atoms with Gasteiger partial charge in [-0.25, -0.2) is 0 Å². The zero-order chi connectivity index (χ0) is 18.3. The first-order valence-corrected chi connectivity index (χ1v) is 10.1. The molecule has 0 N–H and O–H groups in total. The van der Waals surface area contributed by atoms with E-state index in [1.807, 2.05) is 0 Å². The van der Waals surface area contributed by atoms with Crippen molar-refractivity contribution < 1.29 is 14.3 Å². The summed E-state index contributed by atoms with van der Waals surface area (Å²) in [5.74, 6) is -0.186. The summed E-state index contributed by atoms with van der Waals surface area (Å²) in [5, 5.41) is 0. The maximum absolute atomic E-state index is 12.4. The fourth-order valence-corrected chi connectivity index (χ4v) is 3.64. The van der Waals surface area contributed by atoms with Gasteiger partial charge in [0, 0.05) is 12.8 Å². The number of allylic oxidation sites excluding steroid dienone is 2. The molecular formula is C21H35NO3. The van der Waals surface area contributed by atoms with E-state index in [0.717, 1.165) is 38.5 Å². The molecule has 1 amide bonds. The van der Waals surface area contributed by atoms with Crippen LogP contribution in [-0.2, 0) is 14.3 Å². The quantitative estimate of drug-likeness (QED) is 0.335. The number of hydrogen-bond acceptors (Lipinski definition) is 3. The van der Waals surface area contributed by atoms with Crippen LogP contribution >= 0.6 is 0 Å². The second kappa shape index (κ2) is 9.40. The van der Waals surface area contributed by atoms with Gasteiger partial charge in [0.25, 0.3) is 0 Å². The molecule has 1 unspecified atom stereocenters. The SMILES string of the molecule is CCCCCCCC(=O)N1CC(=O)OC1CCC1=CCC(C)(C)CC1. The highest BCUT2D eigenvalue weighted by molar-refractivity contribution is 5.84. The zero-order valence-electron chi connectivity index (χ0n) is 16.3. The number of nitrogens with zero attached hydrogens (tertiary/aromatic N) is 1. The van der Waals surface area contributed by atoms with Crippen molar-refractivity contribution in [2.24, 2.45) is 5.41 Å². The molecule has 2 aliphatic rings. The largest absolute Gasteiger partial charge is 0.440 e. The molecular weight excluding hydrogens is 314 g/mol. The summed E-state index contributed by atoms with van der Waals surface area (Å²) < 4.78 is 5.41. The van der Waals surface area contributed by atoms with E-state index in [1.54, 1.807) is 4.90 Å². The standard InChI is InChI=1S/C21H35NO3/c1-4-5-6-7-8-9-18(23)22-16-20(24)25-19(22)11-10-17-12-14-21(2,3)15-13-17/h12,19H,4-11,13-16H2,1-3H3. The molecule has 0 aromatic rings. The summed E-state index contributed by atoms with van der Waals surface area (Å²) in [6, 6.07) is 0. The summed E-state index contributed by atoms with van der Waals surface area (Å²) in [7, 11) is 0. The molecule has 0 aromatic carbocycles. The lowest BCUT2D eigenvalue weighted by atomic mass is 9.77. The van der Waals surface area contributed by atoms with Crippen LogP contribution in [0.3, 0.4) is 0 Å². The first kappa shape index (κ1) is 20.0. The molecule has 0 bridgehead atoms. The second-order valence-electron chi connectivity index (χ2n) is 8.40. The minimum atomic E-state index is -0.355. The Balaban J connectivity index is 1.77. The number of ether oxygens (including phenoxy) is 1. The van der Waals surface area contributed by atoms with E-state index < -0.39 is 0 Å². The molecule has 4 heteroatoms. The van der Waals surface area contributed by atoms with E-state index >= 15 is 0 Å². The summed E-state index contributed by atoms with van der Waals surface area (Å²) in [5.41, 5.74) is 1.86. The number of carbonyl (C=O) groups excluding carboxylic acids is 2. The molecule has 1 heterocycles. The van der Waals surface area contributed by atoms with Crippen molar-refractivity contribution in [1.82, 2.24) is 4.90 Å². The highest BCUT2D eigenvalue weighted by atomic mass is 16.6. The molecule has 0 saturated carbocycles. The van der Waals surface area contributed by atoms with Crippen LogP contribution in [0.1, 0.15) is 91.4 Å². The Morgan fingerprint density at radius 2 is 2.04 bits per heavy atom. The van der Waals surface area contributed by atoms with Gasteiger partial charge in [0.05, 0.1) is 0 Å². The van der Waals surface area contributed by atoms with Crippen LogP contribution in [0.15, 0.2) is 11.6 Å². The van der Waals surface area contributed by atoms with E-state index in [-0.39, 0.29) is 24.6 Å². The van der Waals surface area contributed by atoms with Crippen LogP contribution in [0.4, 0.5) is 0 Å². The summed E-state index contributed by atoms with van der Waals surface area (Å²) in [6.07, 6.45) is 13.3. The third kappa shape index (κ3) is 6.48. The molecule has 0 radical (unpaired) electrons. The maximum Gasteiger partial charge on any atom is 0.327 e. The molecule has 1 aliphatic carbocycles. The Kier molecular flexibility index (Phi) is 7.52. The summed E-state index contributed by atoms with van der Waals surface area (Å²) in [4.78, 5) is 25.8. The number of hydrogen-bond donors (Lipinski definition) is 0. The van der Waals surface area contributed by atoms with Gasteiger partial charge in [-0.1, -0.05) is 58.1 Å². The Labute approximate surface area is 153 Å². The van der Waals surface area contributed by atoms with Gasteiger partial charge in [0.15, 0.2) is 6.23 Å². The Bertz CT molecular complexity index is 495. The number of amides is 1. The van der Waals surface area contributed by atoms with Crippen LogP contribution in [0, 0.1) is 5.41 Å². The van der Waals surface area contributed by atoms with Crippen molar-refractivity contribution in [3.63, 3.8) is 0 Å². The van der Waals surface area contributed by atoms with Crippen molar-refractivity contribution in [3.8, 4) is 0 Å². The van der Waals surface area contributed by atoms with E-state index in [9.17, 15) is 9.59 Å². The third-order valence-corrected chi connectivity index (χ3v) is 5.51. The predicted molar refractivity (Wildman–Crippen MR) is 99.9 cm³/mol. The summed E-state index contributed by atoms with van der Waals surface area (Å²) in [6.45, 7) is 6.93. The van der Waals surface area contributed by atoms with Gasteiger partial charge in [0.1, 0.15) is 6.54 Å². The molecule has 0 aromatic heterocycles. The third-order valence-electron chi connectivity index (χ3n) is 5.51. The fraction of sp³-hybridized carbons (Fsp3) is 0.810. The Morgan fingerprint density at radius 3 is 2.72 bits per heavy atom. The van der Waals surface area contributed by atoms with Crippen molar-refractivity contribution in [2.45, 2.75) is 97.6 Å². The molecule has 1 atom stereocenters. The second-order valence-corrected chi connectivity index (χ2v) is 8.40. The highest BCUT2D eigenvalue weighted by Crippen LogP contribution is 2.36. The molecule has 142 valence electrons. The average molecular weight is 350 g/mol. The number of esters is 1. The lowest BCUT2D eigenvalue weighted by Gasteiger charge is -2.29. The molecule has 1 aliphatic heterocycles. The normalized spacial score (nSPS) is 22.7. The predicted octanol–water partition coefficient (Wildman–Crippen LogP) is 4.98. The Morgan fingerprint density at radius 1 is 1.28 bits per heavy atom. The number of rotatable bonds is 9. The minimum Gasteiger partial charge on any atom is -0.440 e. The van der Waals surface area contributed by atoms with Crippen LogP contribution in [0.2, 0.25) is 0 Å². The van der Waals surface area contributed by atoms with Gasteiger partial charge in [0.2, 0.25) is 5.91 Å². The molecule has 4 nitrogen and oxygen atoms in total. The van der Waals surface area contributed by atoms with Gasteiger partial charge >= 0.3 is 5.97 Å². The highest BCUT2D eigenvalue weighted by Gasteiger charge is 2.35. The zero-order valence-corrected chi connectivity index (χ0v) is 16.3. The lowest BCUT2D eigenvalue weighted by molar-refractivity contribution is -0.143. The van der Waals surface area contributed by atoms with E-state index in [0.29, 0.717) is 11.8 Å². The summed E-state index contributed by atoms with van der Waals surface area (Å²) >= 11 is 0. The van der Waals surface area contributed by atoms with E-state index in [2.05, 4.69) is 26.8 Å². The van der Waals surface area contributed by atoms with Gasteiger partial charge < -0.3 is 4.74 Å². The van der Waals surface area contributed by atoms with Gasteiger partial charge in [-0.2, -0.15) is 0 Å². The minimum absolute atomic E-state index is 0.0751. The molecule has 25 heavy (non-hydrogen) atoms. The van der Waals surface area contributed by atoms with Crippen LogP contribution in [0.5, 0.6) is 0 Å². The number of carbonyl (C=O) groups is 2. The van der Waals surface area contributed by atoms with E-state index in [4.69, 9.17) is 4.74 Å². The van der Waals surface area contributed by atoms with Crippen molar-refractivity contribution in [2.75, 3.05) is 6.54 Å². The first-order chi connectivity index (χ1) is 11.9. The van der Waals surface area contributed by atoms with Crippen LogP contribution < -0.4 is 0 Å². The number of unbranched alkanes of at least 4 members (excludes halogenated alkanes) is 4. The topological polar surface area (TPSA) is 46.6 Å². The molecule has 1 saturated heterocycles. The molecule has 0 spiro atoms. The van der Waals surface area contributed by atoms with E-state index in [1.165, 1.54) is 31.3 Å². The monoisotopic (exact) mass is 349 g/mol. The lowest BCUT2D eigenvalue weighted by Crippen LogP contribution is -2.36. The maximum atomic E-state index is 12.4. The average Bonchev–Trinajstić information content (AvgIpc) is 2.94. The van der Waals surface area contributed by atoms with Gasteiger partial charge in [-0.3, -0.25) is 14.5 Å². The van der Waals surface area contributed by atoms with Gasteiger partial charge in [-0.15, -0.1) is 0 Å². The van der Waals surface area contributed by atoms with Crippen LogP contribution in [-0.4, -0.2) is 29.5 Å².